The number of benzene rings is 2. The van der Waals surface area contributed by atoms with E-state index in [1.165, 1.54) is 31.4 Å². The van der Waals surface area contributed by atoms with Crippen LogP contribution in [-0.2, 0) is 21.2 Å². The van der Waals surface area contributed by atoms with Crippen LogP contribution < -0.4 is 15.4 Å². The third-order valence-corrected chi connectivity index (χ3v) is 7.31. The number of rotatable bonds is 8. The zero-order valence-electron chi connectivity index (χ0n) is 18.2. The van der Waals surface area contributed by atoms with Crippen molar-refractivity contribution in [2.75, 3.05) is 20.2 Å². The predicted molar refractivity (Wildman–Crippen MR) is 122 cm³/mol. The fraction of sp³-hybridized carbons (Fsp3) is 0.304. The summed E-state index contributed by atoms with van der Waals surface area (Å²) in [5.41, 5.74) is -1.15. The lowest BCUT2D eigenvalue weighted by molar-refractivity contribution is -0.150. The van der Waals surface area contributed by atoms with Gasteiger partial charge in [0.15, 0.2) is 0 Å². The Hall–Kier alpha value is -3.37. The van der Waals surface area contributed by atoms with E-state index in [9.17, 15) is 23.1 Å². The summed E-state index contributed by atoms with van der Waals surface area (Å²) in [6.07, 6.45) is 3.99. The first-order valence-electron chi connectivity index (χ1n) is 10.4. The number of hydrogen-bond donors (Lipinski definition) is 3. The van der Waals surface area contributed by atoms with E-state index < -0.39 is 27.7 Å². The van der Waals surface area contributed by atoms with E-state index in [4.69, 9.17) is 4.74 Å². The number of sulfonamides is 1. The molecule has 0 bridgehead atoms. The van der Waals surface area contributed by atoms with Gasteiger partial charge in [0.1, 0.15) is 5.75 Å². The molecule has 1 aliphatic heterocycles. The molecule has 0 aromatic heterocycles. The average Bonchev–Trinajstić information content (AvgIpc) is 3.03. The Morgan fingerprint density at radius 2 is 1.79 bits per heavy atom. The number of urea groups is 1. The molecule has 1 unspecified atom stereocenters. The lowest BCUT2D eigenvalue weighted by Gasteiger charge is -2.38. The maximum absolute atomic E-state index is 13.5. The molecule has 0 saturated heterocycles. The van der Waals surface area contributed by atoms with E-state index in [0.29, 0.717) is 12.2 Å². The van der Waals surface area contributed by atoms with Crippen LogP contribution in [0.25, 0.3) is 0 Å². The quantitative estimate of drug-likeness (QED) is 0.506. The van der Waals surface area contributed by atoms with Gasteiger partial charge in [-0.05, 0) is 49.1 Å². The van der Waals surface area contributed by atoms with Crippen molar-refractivity contribution in [2.24, 2.45) is 0 Å². The average molecular weight is 474 g/mol. The smallest absolute Gasteiger partial charge is 0.346 e. The van der Waals surface area contributed by atoms with Crippen molar-refractivity contribution in [2.45, 2.75) is 29.8 Å². The summed E-state index contributed by atoms with van der Waals surface area (Å²) in [4.78, 5) is 25.0. The highest BCUT2D eigenvalue weighted by molar-refractivity contribution is 7.89. The lowest BCUT2D eigenvalue weighted by atomic mass is 10.0. The van der Waals surface area contributed by atoms with Gasteiger partial charge in [-0.1, -0.05) is 42.5 Å². The van der Waals surface area contributed by atoms with Gasteiger partial charge in [-0.25, -0.2) is 18.0 Å². The van der Waals surface area contributed by atoms with Crippen LogP contribution in [0.1, 0.15) is 18.4 Å². The Balaban J connectivity index is 1.84. The first kappa shape index (κ1) is 24.3. The van der Waals surface area contributed by atoms with Gasteiger partial charge >= 0.3 is 12.0 Å². The van der Waals surface area contributed by atoms with Crippen molar-refractivity contribution in [3.05, 3.63) is 72.3 Å². The topological polar surface area (TPSA) is 125 Å². The Labute approximate surface area is 193 Å². The highest BCUT2D eigenvalue weighted by Gasteiger charge is 2.51. The Morgan fingerprint density at radius 1 is 1.09 bits per heavy atom. The van der Waals surface area contributed by atoms with Gasteiger partial charge in [0, 0.05) is 13.1 Å². The van der Waals surface area contributed by atoms with E-state index >= 15 is 0 Å². The second-order valence-electron chi connectivity index (χ2n) is 7.50. The second kappa shape index (κ2) is 10.5. The molecule has 2 aromatic rings. The van der Waals surface area contributed by atoms with Crippen molar-refractivity contribution in [1.82, 2.24) is 14.9 Å². The highest BCUT2D eigenvalue weighted by atomic mass is 32.2. The first-order valence-corrected chi connectivity index (χ1v) is 11.9. The van der Waals surface area contributed by atoms with Crippen molar-refractivity contribution in [3.8, 4) is 5.75 Å². The molecule has 176 valence electrons. The standard InChI is InChI=1S/C23H27N3O6S/c1-32-19-10-12-20(13-11-19)33(30,31)26-17-7-3-6-15-23(26,21(27)28)25-22(29)24-16-14-18-8-4-2-5-9-18/h2-5,7-13H,6,14-17H2,1H3,(H,27,28)(H2,24,25,29). The van der Waals surface area contributed by atoms with Gasteiger partial charge in [0.25, 0.3) is 0 Å². The van der Waals surface area contributed by atoms with Crippen LogP contribution in [0.15, 0.2) is 71.6 Å². The molecule has 0 spiro atoms. The molecule has 1 aliphatic rings. The SMILES string of the molecule is COc1ccc(S(=O)(=O)N2CC=CCCC2(NC(=O)NCCc2ccccc2)C(=O)O)cc1. The fourth-order valence-corrected chi connectivity index (χ4v) is 5.27. The molecule has 0 saturated carbocycles. The molecule has 0 radical (unpaired) electrons. The molecule has 1 heterocycles. The number of aliphatic carboxylic acids is 1. The van der Waals surface area contributed by atoms with Gasteiger partial charge in [-0.3, -0.25) is 0 Å². The van der Waals surface area contributed by atoms with Crippen molar-refractivity contribution in [3.63, 3.8) is 0 Å². The van der Waals surface area contributed by atoms with Gasteiger partial charge < -0.3 is 20.5 Å². The van der Waals surface area contributed by atoms with Gasteiger partial charge in [-0.2, -0.15) is 4.31 Å². The number of nitrogens with one attached hydrogen (secondary N) is 2. The third kappa shape index (κ3) is 5.52. The molecule has 0 fully saturated rings. The molecule has 0 aliphatic carbocycles. The molecular formula is C23H27N3O6S. The summed E-state index contributed by atoms with van der Waals surface area (Å²) in [5.74, 6) is -0.994. The van der Waals surface area contributed by atoms with Crippen LogP contribution >= 0.6 is 0 Å². The summed E-state index contributed by atoms with van der Waals surface area (Å²) < 4.78 is 32.8. The number of hydrogen-bond acceptors (Lipinski definition) is 5. The number of carbonyl (C=O) groups is 2. The number of carbonyl (C=O) groups excluding carboxylic acids is 1. The number of methoxy groups -OCH3 is 1. The molecule has 2 aromatic carbocycles. The van der Waals surface area contributed by atoms with Crippen LogP contribution in [-0.4, -0.2) is 55.7 Å². The minimum atomic E-state index is -4.27. The molecule has 2 amide bonds. The Morgan fingerprint density at radius 3 is 2.42 bits per heavy atom. The van der Waals surface area contributed by atoms with E-state index in [2.05, 4.69) is 10.6 Å². The third-order valence-electron chi connectivity index (χ3n) is 5.40. The van der Waals surface area contributed by atoms with E-state index in [0.717, 1.165) is 9.87 Å². The lowest BCUT2D eigenvalue weighted by Crippen LogP contribution is -2.67. The predicted octanol–water partition coefficient (Wildman–Crippen LogP) is 2.36. The maximum Gasteiger partial charge on any atom is 0.346 e. The minimum absolute atomic E-state index is 0.101. The molecule has 1 atom stereocenters. The van der Waals surface area contributed by atoms with Crippen LogP contribution in [0.2, 0.25) is 0 Å². The van der Waals surface area contributed by atoms with Crippen LogP contribution in [0, 0.1) is 0 Å². The molecule has 3 N–H and O–H groups in total. The number of ether oxygens (including phenoxy) is 1. The number of amides is 2. The Kier molecular flexibility index (Phi) is 7.72. The van der Waals surface area contributed by atoms with Crippen molar-refractivity contribution < 1.29 is 27.9 Å². The molecule has 33 heavy (non-hydrogen) atoms. The fourth-order valence-electron chi connectivity index (χ4n) is 3.63. The largest absolute Gasteiger partial charge is 0.497 e. The number of nitrogens with zero attached hydrogens (tertiary/aromatic N) is 1. The highest BCUT2D eigenvalue weighted by Crippen LogP contribution is 2.30. The summed E-state index contributed by atoms with van der Waals surface area (Å²) in [5, 5.41) is 15.2. The number of allylic oxidation sites excluding steroid dienone is 1. The van der Waals surface area contributed by atoms with Crippen molar-refractivity contribution in [1.29, 1.82) is 0 Å². The van der Waals surface area contributed by atoms with Crippen molar-refractivity contribution >= 4 is 22.0 Å². The molecule has 10 heteroatoms. The van der Waals surface area contributed by atoms with Crippen LogP contribution in [0.5, 0.6) is 5.75 Å². The molecule has 9 nitrogen and oxygen atoms in total. The number of carboxylic acids is 1. The second-order valence-corrected chi connectivity index (χ2v) is 9.37. The molecule has 3 rings (SSSR count). The monoisotopic (exact) mass is 473 g/mol. The summed E-state index contributed by atoms with van der Waals surface area (Å²) >= 11 is 0. The summed E-state index contributed by atoms with van der Waals surface area (Å²) in [6.45, 7) is 0.0555. The zero-order valence-corrected chi connectivity index (χ0v) is 19.0. The van der Waals surface area contributed by atoms with E-state index in [-0.39, 0.29) is 30.8 Å². The molecular weight excluding hydrogens is 446 g/mol. The van der Waals surface area contributed by atoms with Gasteiger partial charge in [-0.15, -0.1) is 0 Å². The minimum Gasteiger partial charge on any atom is -0.497 e. The summed E-state index contributed by atoms with van der Waals surface area (Å²) in [7, 11) is -2.81. The zero-order chi connectivity index (χ0) is 23.9. The van der Waals surface area contributed by atoms with Gasteiger partial charge in [0.05, 0.1) is 12.0 Å². The summed E-state index contributed by atoms with van der Waals surface area (Å²) in [6, 6.07) is 14.4. The Bertz CT molecular complexity index is 1100. The van der Waals surface area contributed by atoms with Crippen LogP contribution in [0.3, 0.4) is 0 Å². The van der Waals surface area contributed by atoms with E-state index in [1.807, 2.05) is 30.3 Å². The first-order chi connectivity index (χ1) is 15.8. The number of carboxylic acid groups (broad SMARTS) is 1. The van der Waals surface area contributed by atoms with Gasteiger partial charge in [0.2, 0.25) is 15.7 Å². The normalized spacial score (nSPS) is 18.8. The van der Waals surface area contributed by atoms with E-state index in [1.54, 1.807) is 12.2 Å². The van der Waals surface area contributed by atoms with Crippen LogP contribution in [0.4, 0.5) is 4.79 Å². The maximum atomic E-state index is 13.5.